The molecular formula is C24H19F3N4O2. The number of hydrogen-bond acceptors (Lipinski definition) is 4. The van der Waals surface area contributed by atoms with Gasteiger partial charge in [-0.3, -0.25) is 0 Å². The summed E-state index contributed by atoms with van der Waals surface area (Å²) in [6, 6.07) is 17.3. The lowest BCUT2D eigenvalue weighted by molar-refractivity contribution is -0.137. The Hall–Kier alpha value is -4.14. The minimum absolute atomic E-state index is 0.0307. The fourth-order valence-corrected chi connectivity index (χ4v) is 3.43. The lowest BCUT2D eigenvalue weighted by Crippen LogP contribution is -2.14. The van der Waals surface area contributed by atoms with Gasteiger partial charge in [0.1, 0.15) is 11.4 Å². The lowest BCUT2D eigenvalue weighted by Gasteiger charge is -2.15. The van der Waals surface area contributed by atoms with Crippen molar-refractivity contribution in [1.29, 1.82) is 0 Å². The first-order valence-corrected chi connectivity index (χ1v) is 10.1. The highest BCUT2D eigenvalue weighted by atomic mass is 19.4. The van der Waals surface area contributed by atoms with Gasteiger partial charge in [0.05, 0.1) is 16.9 Å². The molecule has 2 aromatic carbocycles. The normalized spacial score (nSPS) is 11.4. The van der Waals surface area contributed by atoms with Gasteiger partial charge in [-0.2, -0.15) is 23.0 Å². The number of carboxylic acid groups (broad SMARTS) is 1. The van der Waals surface area contributed by atoms with Crippen LogP contribution in [-0.4, -0.2) is 25.8 Å². The molecule has 0 aliphatic heterocycles. The van der Waals surface area contributed by atoms with E-state index in [9.17, 15) is 23.1 Å². The first-order valence-electron chi connectivity index (χ1n) is 10.1. The summed E-state index contributed by atoms with van der Waals surface area (Å²) in [5, 5.41) is 16.8. The van der Waals surface area contributed by atoms with Gasteiger partial charge in [-0.15, -0.1) is 0 Å². The molecule has 0 bridgehead atoms. The summed E-state index contributed by atoms with van der Waals surface area (Å²) in [5.74, 6) is -1.45. The van der Waals surface area contributed by atoms with Gasteiger partial charge in [0.2, 0.25) is 0 Å². The number of pyridine rings is 1. The summed E-state index contributed by atoms with van der Waals surface area (Å²) in [7, 11) is 0. The van der Waals surface area contributed by atoms with Crippen LogP contribution in [-0.2, 0) is 12.6 Å². The van der Waals surface area contributed by atoms with Crippen molar-refractivity contribution in [3.63, 3.8) is 0 Å². The number of carbonyl (C=O) groups is 1. The Labute approximate surface area is 187 Å². The highest BCUT2D eigenvalue weighted by Crippen LogP contribution is 2.35. The molecule has 0 radical (unpaired) electrons. The summed E-state index contributed by atoms with van der Waals surface area (Å²) >= 11 is 0. The Bertz CT molecular complexity index is 1320. The van der Waals surface area contributed by atoms with Gasteiger partial charge < -0.3 is 10.4 Å². The van der Waals surface area contributed by atoms with Crippen LogP contribution < -0.4 is 5.32 Å². The van der Waals surface area contributed by atoms with E-state index >= 15 is 0 Å². The first kappa shape index (κ1) is 22.1. The zero-order chi connectivity index (χ0) is 23.6. The van der Waals surface area contributed by atoms with E-state index in [1.807, 2.05) is 31.2 Å². The van der Waals surface area contributed by atoms with Crippen LogP contribution in [0.5, 0.6) is 0 Å². The first-order chi connectivity index (χ1) is 15.8. The standard InChI is InChI=1S/C24H19F3N4O2/c1-2-15-7-5-8-16(13-15)20-14-21(29-19-11-4-3-9-17(19)23(32)33)31(30-20)22-18(24(25,26)27)10-6-12-28-22/h3-14,29H,2H2,1H3,(H,32,33). The number of nitrogens with one attached hydrogen (secondary N) is 1. The van der Waals surface area contributed by atoms with Crippen molar-refractivity contribution >= 4 is 17.5 Å². The number of aryl methyl sites for hydroxylation is 1. The molecule has 0 aliphatic rings. The van der Waals surface area contributed by atoms with Gasteiger partial charge >= 0.3 is 12.1 Å². The number of aromatic nitrogens is 3. The number of para-hydroxylation sites is 1. The van der Waals surface area contributed by atoms with Crippen LogP contribution in [0, 0.1) is 0 Å². The van der Waals surface area contributed by atoms with Crippen LogP contribution in [0.15, 0.2) is 72.9 Å². The quantitative estimate of drug-likeness (QED) is 0.378. The van der Waals surface area contributed by atoms with E-state index < -0.39 is 23.5 Å². The van der Waals surface area contributed by atoms with Gasteiger partial charge in [-0.05, 0) is 42.3 Å². The largest absolute Gasteiger partial charge is 0.478 e. The Morgan fingerprint density at radius 3 is 2.58 bits per heavy atom. The average Bonchev–Trinajstić information content (AvgIpc) is 3.22. The third kappa shape index (κ3) is 4.57. The predicted octanol–water partition coefficient (Wildman–Crippen LogP) is 5.96. The third-order valence-electron chi connectivity index (χ3n) is 5.05. The fraction of sp³-hybridized carbons (Fsp3) is 0.125. The third-order valence-corrected chi connectivity index (χ3v) is 5.05. The second-order valence-corrected chi connectivity index (χ2v) is 7.23. The molecule has 2 heterocycles. The molecule has 33 heavy (non-hydrogen) atoms. The zero-order valence-electron chi connectivity index (χ0n) is 17.5. The summed E-state index contributed by atoms with van der Waals surface area (Å²) in [5.41, 5.74) is 1.39. The minimum atomic E-state index is -4.66. The summed E-state index contributed by atoms with van der Waals surface area (Å²) in [6.45, 7) is 2.00. The van der Waals surface area contributed by atoms with Crippen molar-refractivity contribution in [2.24, 2.45) is 0 Å². The number of halogens is 3. The molecule has 0 atom stereocenters. The Morgan fingerprint density at radius 2 is 1.85 bits per heavy atom. The van der Waals surface area contributed by atoms with E-state index in [-0.39, 0.29) is 17.1 Å². The minimum Gasteiger partial charge on any atom is -0.478 e. The molecular weight excluding hydrogens is 433 g/mol. The number of carboxylic acids is 1. The van der Waals surface area contributed by atoms with E-state index in [2.05, 4.69) is 15.4 Å². The molecule has 6 nitrogen and oxygen atoms in total. The molecule has 2 aromatic heterocycles. The van der Waals surface area contributed by atoms with Gasteiger partial charge in [-0.25, -0.2) is 9.78 Å². The van der Waals surface area contributed by atoms with Crippen LogP contribution >= 0.6 is 0 Å². The molecule has 0 saturated heterocycles. The van der Waals surface area contributed by atoms with E-state index in [1.54, 1.807) is 18.2 Å². The van der Waals surface area contributed by atoms with Crippen LogP contribution in [0.25, 0.3) is 17.1 Å². The number of hydrogen-bond donors (Lipinski definition) is 2. The monoisotopic (exact) mass is 452 g/mol. The van der Waals surface area contributed by atoms with Crippen molar-refractivity contribution in [2.45, 2.75) is 19.5 Å². The molecule has 0 amide bonds. The highest BCUT2D eigenvalue weighted by molar-refractivity contribution is 5.95. The number of aromatic carboxylic acids is 1. The maximum atomic E-state index is 13.7. The Kier molecular flexibility index (Phi) is 5.87. The highest BCUT2D eigenvalue weighted by Gasteiger charge is 2.35. The summed E-state index contributed by atoms with van der Waals surface area (Å²) < 4.78 is 42.2. The smallest absolute Gasteiger partial charge is 0.420 e. The number of rotatable bonds is 6. The van der Waals surface area contributed by atoms with Crippen molar-refractivity contribution in [1.82, 2.24) is 14.8 Å². The topological polar surface area (TPSA) is 80.0 Å². The van der Waals surface area contributed by atoms with E-state index in [4.69, 9.17) is 0 Å². The molecule has 0 aliphatic carbocycles. The SMILES string of the molecule is CCc1cccc(-c2cc(Nc3ccccc3C(=O)O)n(-c3ncccc3C(F)(F)F)n2)c1. The summed E-state index contributed by atoms with van der Waals surface area (Å²) in [6.07, 6.45) is -2.63. The van der Waals surface area contributed by atoms with Gasteiger partial charge in [0.25, 0.3) is 0 Å². The second kappa shape index (κ2) is 8.78. The second-order valence-electron chi connectivity index (χ2n) is 7.23. The van der Waals surface area contributed by atoms with Crippen molar-refractivity contribution in [2.75, 3.05) is 5.32 Å². The van der Waals surface area contributed by atoms with Gasteiger partial charge in [-0.1, -0.05) is 37.3 Å². The molecule has 4 rings (SSSR count). The van der Waals surface area contributed by atoms with Crippen molar-refractivity contribution in [3.8, 4) is 17.1 Å². The van der Waals surface area contributed by atoms with Crippen LogP contribution in [0.3, 0.4) is 0 Å². The lowest BCUT2D eigenvalue weighted by atomic mass is 10.1. The molecule has 0 saturated carbocycles. The van der Waals surface area contributed by atoms with Crippen molar-refractivity contribution in [3.05, 3.63) is 89.6 Å². The maximum absolute atomic E-state index is 13.7. The fourth-order valence-electron chi connectivity index (χ4n) is 3.43. The molecule has 0 unspecified atom stereocenters. The van der Waals surface area contributed by atoms with Crippen molar-refractivity contribution < 1.29 is 23.1 Å². The molecule has 0 spiro atoms. The molecule has 0 fully saturated rings. The number of nitrogens with zero attached hydrogens (tertiary/aromatic N) is 3. The van der Waals surface area contributed by atoms with Gasteiger partial charge in [0, 0.05) is 17.8 Å². The Balaban J connectivity index is 1.91. The van der Waals surface area contributed by atoms with E-state index in [1.165, 1.54) is 24.4 Å². The number of alkyl halides is 3. The number of benzene rings is 2. The van der Waals surface area contributed by atoms with Gasteiger partial charge in [0.15, 0.2) is 5.82 Å². The van der Waals surface area contributed by atoms with Crippen LogP contribution in [0.4, 0.5) is 24.7 Å². The molecule has 4 aromatic rings. The van der Waals surface area contributed by atoms with E-state index in [0.29, 0.717) is 11.3 Å². The molecule has 9 heteroatoms. The zero-order valence-corrected chi connectivity index (χ0v) is 17.5. The molecule has 2 N–H and O–H groups in total. The Morgan fingerprint density at radius 1 is 1.06 bits per heavy atom. The van der Waals surface area contributed by atoms with Crippen LogP contribution in [0.2, 0.25) is 0 Å². The number of anilines is 2. The van der Waals surface area contributed by atoms with Crippen LogP contribution in [0.1, 0.15) is 28.4 Å². The van der Waals surface area contributed by atoms with E-state index in [0.717, 1.165) is 22.7 Å². The summed E-state index contributed by atoms with van der Waals surface area (Å²) in [4.78, 5) is 15.6. The average molecular weight is 452 g/mol. The maximum Gasteiger partial charge on any atom is 0.420 e. The predicted molar refractivity (Wildman–Crippen MR) is 118 cm³/mol. The molecule has 168 valence electrons.